The summed E-state index contributed by atoms with van der Waals surface area (Å²) in [4.78, 5) is 23.5. The summed E-state index contributed by atoms with van der Waals surface area (Å²) in [6.45, 7) is 4.93. The number of aliphatic hydroxyl groups is 1. The van der Waals surface area contributed by atoms with Crippen LogP contribution in [0.5, 0.6) is 0 Å². The van der Waals surface area contributed by atoms with E-state index >= 15 is 0 Å². The molecule has 122 valence electrons. The summed E-state index contributed by atoms with van der Waals surface area (Å²) in [5.41, 5.74) is -0.717. The van der Waals surface area contributed by atoms with Crippen molar-refractivity contribution in [1.29, 1.82) is 0 Å². The van der Waals surface area contributed by atoms with Crippen molar-refractivity contribution < 1.29 is 28.5 Å². The molecule has 1 aliphatic rings. The number of ketones is 1. The average Bonchev–Trinajstić information content (AvgIpc) is 2.37. The SMILES string of the molecule is CC(=O)NC1C(=O)CC(C)(C)OC1C(O)C(COP)OP. The Labute approximate surface area is 129 Å². The van der Waals surface area contributed by atoms with E-state index in [-0.39, 0.29) is 24.7 Å². The molecule has 0 aromatic rings. The van der Waals surface area contributed by atoms with Crippen LogP contribution >= 0.6 is 18.9 Å². The Hall–Kier alpha value is -0.160. The third-order valence-electron chi connectivity index (χ3n) is 3.24. The zero-order valence-electron chi connectivity index (χ0n) is 12.4. The van der Waals surface area contributed by atoms with E-state index in [4.69, 9.17) is 13.8 Å². The van der Waals surface area contributed by atoms with Crippen LogP contribution in [0.25, 0.3) is 0 Å². The molecule has 6 unspecified atom stereocenters. The highest BCUT2D eigenvalue weighted by Gasteiger charge is 2.47. The van der Waals surface area contributed by atoms with Gasteiger partial charge in [-0.25, -0.2) is 0 Å². The first-order chi connectivity index (χ1) is 9.71. The number of hydrogen-bond acceptors (Lipinski definition) is 6. The van der Waals surface area contributed by atoms with Gasteiger partial charge in [-0.1, -0.05) is 0 Å². The van der Waals surface area contributed by atoms with Gasteiger partial charge >= 0.3 is 0 Å². The van der Waals surface area contributed by atoms with Crippen molar-refractivity contribution in [2.75, 3.05) is 6.61 Å². The second-order valence-corrected chi connectivity index (χ2v) is 6.27. The lowest BCUT2D eigenvalue weighted by molar-refractivity contribution is -0.185. The molecule has 1 fully saturated rings. The highest BCUT2D eigenvalue weighted by Crippen LogP contribution is 2.29. The molecule has 0 aromatic heterocycles. The molecule has 0 bridgehead atoms. The standard InChI is InChI=1S/C12H23NO6P2/c1-6(14)13-9-7(15)4-12(2,3)18-11(9)10(16)8(19-21)5-17-20/h8-11,16H,4-5,20-21H2,1-3H3,(H,13,14). The molecular formula is C12H23NO6P2. The number of carbonyl (C=O) groups is 2. The van der Waals surface area contributed by atoms with Gasteiger partial charge in [-0.2, -0.15) is 0 Å². The minimum absolute atomic E-state index is 0.0939. The lowest BCUT2D eigenvalue weighted by atomic mass is 9.86. The van der Waals surface area contributed by atoms with E-state index in [1.807, 2.05) is 9.47 Å². The number of nitrogens with one attached hydrogen (secondary N) is 1. The summed E-state index contributed by atoms with van der Waals surface area (Å²) in [6, 6.07) is -0.905. The number of rotatable bonds is 6. The fourth-order valence-corrected chi connectivity index (χ4v) is 2.79. The van der Waals surface area contributed by atoms with E-state index in [2.05, 4.69) is 14.8 Å². The lowest BCUT2D eigenvalue weighted by Crippen LogP contribution is -2.63. The lowest BCUT2D eigenvalue weighted by Gasteiger charge is -2.43. The Kier molecular flexibility index (Phi) is 7.11. The summed E-state index contributed by atoms with van der Waals surface area (Å²) in [7, 11) is 4.11. The molecule has 1 aliphatic heterocycles. The molecule has 1 heterocycles. The maximum atomic E-state index is 12.2. The van der Waals surface area contributed by atoms with Gasteiger partial charge in [-0.3, -0.25) is 9.59 Å². The molecule has 0 aliphatic carbocycles. The minimum Gasteiger partial charge on any atom is -0.387 e. The topological polar surface area (TPSA) is 94.1 Å². The van der Waals surface area contributed by atoms with Crippen molar-refractivity contribution in [1.82, 2.24) is 5.32 Å². The van der Waals surface area contributed by atoms with Gasteiger partial charge in [0.2, 0.25) is 5.91 Å². The average molecular weight is 339 g/mol. The predicted octanol–water partition coefficient (Wildman–Crippen LogP) is -0.0294. The quantitative estimate of drug-likeness (QED) is 0.660. The Balaban J connectivity index is 2.98. The predicted molar refractivity (Wildman–Crippen MR) is 82.4 cm³/mol. The molecule has 0 saturated carbocycles. The molecular weight excluding hydrogens is 316 g/mol. The van der Waals surface area contributed by atoms with Gasteiger partial charge in [0.15, 0.2) is 5.78 Å². The number of Topliss-reactive ketones (excluding diaryl/α,β-unsaturated/α-hetero) is 1. The van der Waals surface area contributed by atoms with Crippen LogP contribution in [0.1, 0.15) is 27.2 Å². The van der Waals surface area contributed by atoms with Crippen molar-refractivity contribution in [3.8, 4) is 0 Å². The van der Waals surface area contributed by atoms with Crippen molar-refractivity contribution in [2.24, 2.45) is 0 Å². The van der Waals surface area contributed by atoms with Crippen molar-refractivity contribution >= 4 is 30.6 Å². The molecule has 7 nitrogen and oxygen atoms in total. The Bertz CT molecular complexity index is 392. The van der Waals surface area contributed by atoms with Crippen LogP contribution in [0.2, 0.25) is 0 Å². The van der Waals surface area contributed by atoms with E-state index in [0.29, 0.717) is 0 Å². The highest BCUT2D eigenvalue weighted by atomic mass is 31.0. The number of aliphatic hydroxyl groups excluding tert-OH is 1. The zero-order valence-corrected chi connectivity index (χ0v) is 14.7. The molecule has 1 saturated heterocycles. The van der Waals surface area contributed by atoms with Crippen molar-refractivity contribution in [3.63, 3.8) is 0 Å². The van der Waals surface area contributed by atoms with E-state index < -0.39 is 30.0 Å². The van der Waals surface area contributed by atoms with Crippen LogP contribution in [0.4, 0.5) is 0 Å². The molecule has 0 spiro atoms. The number of hydrogen-bond donors (Lipinski definition) is 2. The fourth-order valence-electron chi connectivity index (χ4n) is 2.36. The van der Waals surface area contributed by atoms with Crippen LogP contribution in [0.3, 0.4) is 0 Å². The third kappa shape index (κ3) is 5.20. The van der Waals surface area contributed by atoms with Crippen LogP contribution in [-0.2, 0) is 23.4 Å². The van der Waals surface area contributed by atoms with Gasteiger partial charge in [0.25, 0.3) is 0 Å². The number of amides is 1. The van der Waals surface area contributed by atoms with Crippen molar-refractivity contribution in [2.45, 2.75) is 57.1 Å². The smallest absolute Gasteiger partial charge is 0.217 e. The first kappa shape index (κ1) is 18.9. The monoisotopic (exact) mass is 339 g/mol. The Morgan fingerprint density at radius 3 is 2.67 bits per heavy atom. The maximum absolute atomic E-state index is 12.2. The normalized spacial score (nSPS) is 28.0. The third-order valence-corrected chi connectivity index (χ3v) is 3.78. The summed E-state index contributed by atoms with van der Waals surface area (Å²) < 4.78 is 15.8. The number of carbonyl (C=O) groups excluding carboxylic acids is 2. The number of ether oxygens (including phenoxy) is 1. The van der Waals surface area contributed by atoms with Crippen LogP contribution in [0, 0.1) is 0 Å². The summed E-state index contributed by atoms with van der Waals surface area (Å²) in [6.07, 6.45) is -2.59. The molecule has 2 N–H and O–H groups in total. The molecule has 0 radical (unpaired) electrons. The van der Waals surface area contributed by atoms with Crippen molar-refractivity contribution in [3.05, 3.63) is 0 Å². The Morgan fingerprint density at radius 1 is 1.57 bits per heavy atom. The summed E-state index contributed by atoms with van der Waals surface area (Å²) >= 11 is 0. The van der Waals surface area contributed by atoms with E-state index in [9.17, 15) is 14.7 Å². The summed E-state index contributed by atoms with van der Waals surface area (Å²) in [5, 5.41) is 13.0. The van der Waals surface area contributed by atoms with E-state index in [0.717, 1.165) is 0 Å². The molecule has 9 heteroatoms. The van der Waals surface area contributed by atoms with Crippen LogP contribution in [-0.4, -0.2) is 53.4 Å². The zero-order chi connectivity index (χ0) is 16.2. The van der Waals surface area contributed by atoms with E-state index in [1.54, 1.807) is 13.8 Å². The Morgan fingerprint density at radius 2 is 2.19 bits per heavy atom. The second-order valence-electron chi connectivity index (χ2n) is 5.66. The van der Waals surface area contributed by atoms with Gasteiger partial charge in [0.1, 0.15) is 24.4 Å². The van der Waals surface area contributed by atoms with E-state index in [1.165, 1.54) is 6.92 Å². The minimum atomic E-state index is -1.14. The second kappa shape index (κ2) is 7.91. The van der Waals surface area contributed by atoms with Gasteiger partial charge < -0.3 is 24.2 Å². The fraction of sp³-hybridized carbons (Fsp3) is 0.833. The van der Waals surface area contributed by atoms with Crippen LogP contribution < -0.4 is 5.32 Å². The van der Waals surface area contributed by atoms with Gasteiger partial charge in [0.05, 0.1) is 12.2 Å². The largest absolute Gasteiger partial charge is 0.387 e. The summed E-state index contributed by atoms with van der Waals surface area (Å²) in [5.74, 6) is -0.542. The van der Waals surface area contributed by atoms with Gasteiger partial charge in [-0.15, -0.1) is 0 Å². The molecule has 1 rings (SSSR count). The molecule has 21 heavy (non-hydrogen) atoms. The highest BCUT2D eigenvalue weighted by molar-refractivity contribution is 7.10. The maximum Gasteiger partial charge on any atom is 0.217 e. The van der Waals surface area contributed by atoms with Gasteiger partial charge in [-0.05, 0) is 13.8 Å². The molecule has 1 amide bonds. The first-order valence-corrected chi connectivity index (χ1v) is 7.49. The van der Waals surface area contributed by atoms with Gasteiger partial charge in [0, 0.05) is 32.3 Å². The first-order valence-electron chi connectivity index (χ1n) is 6.54. The molecule has 6 atom stereocenters. The van der Waals surface area contributed by atoms with Crippen LogP contribution in [0.15, 0.2) is 0 Å². The molecule has 0 aromatic carbocycles.